The number of aldehydes is 1. The average Bonchev–Trinajstić information content (AvgIpc) is 2.59. The Balaban J connectivity index is 1.68. The number of rotatable bonds is 6. The molecule has 0 aliphatic rings. The van der Waals surface area contributed by atoms with Crippen LogP contribution >= 0.6 is 0 Å². The molecule has 0 aromatic heterocycles. The molecule has 3 nitrogen and oxygen atoms in total. The summed E-state index contributed by atoms with van der Waals surface area (Å²) in [5.74, 6) is 0.271. The van der Waals surface area contributed by atoms with Crippen molar-refractivity contribution < 1.29 is 18.7 Å². The van der Waals surface area contributed by atoms with Crippen LogP contribution < -0.4 is 9.47 Å². The van der Waals surface area contributed by atoms with Crippen molar-refractivity contribution in [1.82, 2.24) is 0 Å². The van der Waals surface area contributed by atoms with Crippen LogP contribution in [0.4, 0.5) is 4.39 Å². The van der Waals surface area contributed by atoms with E-state index < -0.39 is 5.82 Å². The maximum atomic E-state index is 13.4. The SMILES string of the molecule is O=Cc1c(OCCOc2ccccc2F)ccc2ccccc12. The molecular formula is C19H15FO3. The second-order valence-electron chi connectivity index (χ2n) is 4.94. The van der Waals surface area contributed by atoms with Gasteiger partial charge in [0.1, 0.15) is 19.0 Å². The number of halogens is 1. The van der Waals surface area contributed by atoms with Gasteiger partial charge in [-0.05, 0) is 29.0 Å². The molecule has 0 fully saturated rings. The molecular weight excluding hydrogens is 295 g/mol. The normalized spacial score (nSPS) is 10.5. The van der Waals surface area contributed by atoms with Crippen LogP contribution in [-0.4, -0.2) is 19.5 Å². The van der Waals surface area contributed by atoms with Crippen LogP contribution in [0.2, 0.25) is 0 Å². The predicted molar refractivity (Wildman–Crippen MR) is 86.7 cm³/mol. The Morgan fingerprint density at radius 2 is 1.52 bits per heavy atom. The smallest absolute Gasteiger partial charge is 0.165 e. The average molecular weight is 310 g/mol. The number of para-hydroxylation sites is 1. The summed E-state index contributed by atoms with van der Waals surface area (Å²) in [6.45, 7) is 0.402. The fourth-order valence-electron chi connectivity index (χ4n) is 2.39. The Hall–Kier alpha value is -2.88. The predicted octanol–water partition coefficient (Wildman–Crippen LogP) is 4.25. The zero-order chi connectivity index (χ0) is 16.1. The maximum absolute atomic E-state index is 13.4. The molecule has 0 amide bonds. The second kappa shape index (κ2) is 6.92. The van der Waals surface area contributed by atoms with E-state index in [1.54, 1.807) is 24.3 Å². The van der Waals surface area contributed by atoms with Crippen LogP contribution in [0.1, 0.15) is 10.4 Å². The number of fused-ring (bicyclic) bond motifs is 1. The highest BCUT2D eigenvalue weighted by Gasteiger charge is 2.08. The van der Waals surface area contributed by atoms with Crippen LogP contribution in [-0.2, 0) is 0 Å². The quantitative estimate of drug-likeness (QED) is 0.504. The van der Waals surface area contributed by atoms with Gasteiger partial charge in [0, 0.05) is 0 Å². The summed E-state index contributed by atoms with van der Waals surface area (Å²) in [6.07, 6.45) is 0.787. The topological polar surface area (TPSA) is 35.5 Å². The van der Waals surface area contributed by atoms with E-state index in [1.807, 2.05) is 30.3 Å². The summed E-state index contributed by atoms with van der Waals surface area (Å²) in [5, 5.41) is 1.82. The van der Waals surface area contributed by atoms with Crippen LogP contribution in [0, 0.1) is 5.82 Å². The molecule has 0 saturated heterocycles. The summed E-state index contributed by atoms with van der Waals surface area (Å²) < 4.78 is 24.4. The second-order valence-corrected chi connectivity index (χ2v) is 4.94. The Bertz CT molecular complexity index is 830. The standard InChI is InChI=1S/C19H15FO3/c20-17-7-3-4-8-19(17)23-12-11-22-18-10-9-14-5-1-2-6-15(14)16(18)13-21/h1-10,13H,11-12H2. The Morgan fingerprint density at radius 3 is 2.30 bits per heavy atom. The minimum Gasteiger partial charge on any atom is -0.489 e. The Morgan fingerprint density at radius 1 is 0.826 bits per heavy atom. The first-order valence-electron chi connectivity index (χ1n) is 7.26. The molecule has 0 saturated carbocycles. The molecule has 3 aromatic carbocycles. The van der Waals surface area contributed by atoms with Crippen molar-refractivity contribution in [2.45, 2.75) is 0 Å². The molecule has 0 heterocycles. The van der Waals surface area contributed by atoms with Gasteiger partial charge in [-0.15, -0.1) is 0 Å². The van der Waals surface area contributed by atoms with E-state index in [0.717, 1.165) is 17.1 Å². The molecule has 0 aliphatic carbocycles. The number of benzene rings is 3. The highest BCUT2D eigenvalue weighted by molar-refractivity contribution is 6.00. The molecule has 116 valence electrons. The van der Waals surface area contributed by atoms with Gasteiger partial charge >= 0.3 is 0 Å². The van der Waals surface area contributed by atoms with E-state index in [2.05, 4.69) is 0 Å². The summed E-state index contributed by atoms with van der Waals surface area (Å²) in [7, 11) is 0. The molecule has 23 heavy (non-hydrogen) atoms. The van der Waals surface area contributed by atoms with Gasteiger partial charge in [0.2, 0.25) is 0 Å². The molecule has 3 aromatic rings. The van der Waals surface area contributed by atoms with Gasteiger partial charge in [-0.2, -0.15) is 0 Å². The van der Waals surface area contributed by atoms with E-state index in [9.17, 15) is 9.18 Å². The summed E-state index contributed by atoms with van der Waals surface area (Å²) in [6, 6.07) is 17.5. The number of hydrogen-bond donors (Lipinski definition) is 0. The Kier molecular flexibility index (Phi) is 4.52. The van der Waals surface area contributed by atoms with Crippen molar-refractivity contribution in [3.8, 4) is 11.5 Å². The van der Waals surface area contributed by atoms with Crippen LogP contribution in [0.25, 0.3) is 10.8 Å². The zero-order valence-corrected chi connectivity index (χ0v) is 12.4. The number of carbonyl (C=O) groups is 1. The lowest BCUT2D eigenvalue weighted by Gasteiger charge is -2.11. The number of carbonyl (C=O) groups excluding carboxylic acids is 1. The third-order valence-corrected chi connectivity index (χ3v) is 3.48. The molecule has 0 spiro atoms. The molecule has 4 heteroatoms. The molecule has 0 bridgehead atoms. The van der Waals surface area contributed by atoms with E-state index in [1.165, 1.54) is 6.07 Å². The third kappa shape index (κ3) is 3.31. The highest BCUT2D eigenvalue weighted by Crippen LogP contribution is 2.26. The summed E-state index contributed by atoms with van der Waals surface area (Å²) in [5.41, 5.74) is 0.508. The first-order chi connectivity index (χ1) is 11.3. The number of hydrogen-bond acceptors (Lipinski definition) is 3. The van der Waals surface area contributed by atoms with Gasteiger partial charge in [-0.25, -0.2) is 4.39 Å². The lowest BCUT2D eigenvalue weighted by molar-refractivity contribution is 0.111. The lowest BCUT2D eigenvalue weighted by atomic mass is 10.0. The van der Waals surface area contributed by atoms with E-state index >= 15 is 0 Å². The Labute approximate surface area is 133 Å². The van der Waals surface area contributed by atoms with Gasteiger partial charge in [0.05, 0.1) is 5.56 Å². The van der Waals surface area contributed by atoms with Gasteiger partial charge in [-0.1, -0.05) is 42.5 Å². The highest BCUT2D eigenvalue weighted by atomic mass is 19.1. The minimum atomic E-state index is -0.410. The van der Waals surface area contributed by atoms with Gasteiger partial charge in [0.25, 0.3) is 0 Å². The van der Waals surface area contributed by atoms with E-state index in [4.69, 9.17) is 9.47 Å². The van der Waals surface area contributed by atoms with Gasteiger partial charge in [0.15, 0.2) is 17.9 Å². The third-order valence-electron chi connectivity index (χ3n) is 3.48. The lowest BCUT2D eigenvalue weighted by Crippen LogP contribution is -2.10. The van der Waals surface area contributed by atoms with E-state index in [0.29, 0.717) is 11.3 Å². The van der Waals surface area contributed by atoms with Crippen molar-refractivity contribution in [2.75, 3.05) is 13.2 Å². The van der Waals surface area contributed by atoms with Crippen molar-refractivity contribution in [3.63, 3.8) is 0 Å². The fraction of sp³-hybridized carbons (Fsp3) is 0.105. The van der Waals surface area contributed by atoms with Crippen molar-refractivity contribution >= 4 is 17.1 Å². The number of ether oxygens (including phenoxy) is 2. The fourth-order valence-corrected chi connectivity index (χ4v) is 2.39. The van der Waals surface area contributed by atoms with Crippen LogP contribution in [0.3, 0.4) is 0 Å². The zero-order valence-electron chi connectivity index (χ0n) is 12.4. The molecule has 0 radical (unpaired) electrons. The van der Waals surface area contributed by atoms with Crippen molar-refractivity contribution in [2.24, 2.45) is 0 Å². The molecule has 3 rings (SSSR count). The largest absolute Gasteiger partial charge is 0.489 e. The van der Waals surface area contributed by atoms with Crippen molar-refractivity contribution in [3.05, 3.63) is 72.0 Å². The van der Waals surface area contributed by atoms with E-state index in [-0.39, 0.29) is 19.0 Å². The first kappa shape index (κ1) is 15.0. The summed E-state index contributed by atoms with van der Waals surface area (Å²) in [4.78, 5) is 11.4. The molecule has 0 aliphatic heterocycles. The maximum Gasteiger partial charge on any atom is 0.165 e. The molecule has 0 atom stereocenters. The van der Waals surface area contributed by atoms with Gasteiger partial charge in [-0.3, -0.25) is 4.79 Å². The van der Waals surface area contributed by atoms with Crippen molar-refractivity contribution in [1.29, 1.82) is 0 Å². The van der Waals surface area contributed by atoms with Gasteiger partial charge < -0.3 is 9.47 Å². The molecule has 0 N–H and O–H groups in total. The summed E-state index contributed by atoms with van der Waals surface area (Å²) >= 11 is 0. The van der Waals surface area contributed by atoms with Crippen LogP contribution in [0.5, 0.6) is 11.5 Å². The molecule has 0 unspecified atom stereocenters. The first-order valence-corrected chi connectivity index (χ1v) is 7.26. The monoisotopic (exact) mass is 310 g/mol. The van der Waals surface area contributed by atoms with Crippen LogP contribution in [0.15, 0.2) is 60.7 Å². The minimum absolute atomic E-state index is 0.185.